The second-order valence-corrected chi connectivity index (χ2v) is 4.41. The average molecular weight is 256 g/mol. The van der Waals surface area contributed by atoms with Crippen LogP contribution in [-0.2, 0) is 6.42 Å². The summed E-state index contributed by atoms with van der Waals surface area (Å²) >= 11 is 4.20. The third-order valence-corrected chi connectivity index (χ3v) is 2.98. The second-order valence-electron chi connectivity index (χ2n) is 3.97. The van der Waals surface area contributed by atoms with E-state index in [-0.39, 0.29) is 0 Å². The number of nitrogens with one attached hydrogen (secondary N) is 1. The summed E-state index contributed by atoms with van der Waals surface area (Å²) in [6.07, 6.45) is 4.27. The lowest BCUT2D eigenvalue weighted by Gasteiger charge is -2.03. The van der Waals surface area contributed by atoms with Gasteiger partial charge in [0, 0.05) is 18.2 Å². The zero-order chi connectivity index (χ0) is 12.4. The van der Waals surface area contributed by atoms with E-state index in [4.69, 9.17) is 0 Å². The summed E-state index contributed by atoms with van der Waals surface area (Å²) in [7, 11) is 0. The number of H-pyrrole nitrogens is 1. The zero-order valence-electron chi connectivity index (χ0n) is 9.67. The standard InChI is InChI=1S/C13H12N4S/c18-6-4-13-14-5-3-10(17-13)9-1-2-11-12(7-9)16-8-15-11/h1-3,5,7-8,18H,4,6H2,(H,15,16). The van der Waals surface area contributed by atoms with Crippen molar-refractivity contribution in [3.63, 3.8) is 0 Å². The van der Waals surface area contributed by atoms with Crippen LogP contribution in [0, 0.1) is 0 Å². The van der Waals surface area contributed by atoms with Gasteiger partial charge in [-0.1, -0.05) is 6.07 Å². The highest BCUT2D eigenvalue weighted by Gasteiger charge is 2.04. The van der Waals surface area contributed by atoms with Crippen molar-refractivity contribution in [3.8, 4) is 11.3 Å². The van der Waals surface area contributed by atoms with Gasteiger partial charge in [0.1, 0.15) is 5.82 Å². The highest BCUT2D eigenvalue weighted by molar-refractivity contribution is 7.80. The molecule has 0 aliphatic rings. The Labute approximate surface area is 110 Å². The first kappa shape index (κ1) is 11.2. The van der Waals surface area contributed by atoms with Crippen LogP contribution in [0.1, 0.15) is 5.82 Å². The van der Waals surface area contributed by atoms with Gasteiger partial charge in [-0.3, -0.25) is 0 Å². The molecule has 90 valence electrons. The molecule has 5 heteroatoms. The van der Waals surface area contributed by atoms with E-state index in [1.165, 1.54) is 0 Å². The highest BCUT2D eigenvalue weighted by atomic mass is 32.1. The van der Waals surface area contributed by atoms with E-state index in [1.807, 2.05) is 18.2 Å². The number of hydrogen-bond donors (Lipinski definition) is 2. The Balaban J connectivity index is 2.04. The number of fused-ring (bicyclic) bond motifs is 1. The second kappa shape index (κ2) is 4.78. The van der Waals surface area contributed by atoms with Crippen LogP contribution in [0.15, 0.2) is 36.8 Å². The largest absolute Gasteiger partial charge is 0.345 e. The molecule has 0 saturated heterocycles. The van der Waals surface area contributed by atoms with Crippen LogP contribution in [0.4, 0.5) is 0 Å². The number of aromatic amines is 1. The maximum absolute atomic E-state index is 4.53. The van der Waals surface area contributed by atoms with Crippen LogP contribution in [0.25, 0.3) is 22.3 Å². The number of imidazole rings is 1. The fourth-order valence-corrected chi connectivity index (χ4v) is 2.08. The maximum atomic E-state index is 4.53. The third kappa shape index (κ3) is 2.09. The summed E-state index contributed by atoms with van der Waals surface area (Å²) in [6.45, 7) is 0. The molecule has 0 atom stereocenters. The number of rotatable bonds is 3. The molecule has 0 saturated carbocycles. The Morgan fingerprint density at radius 2 is 2.11 bits per heavy atom. The van der Waals surface area contributed by atoms with Crippen molar-refractivity contribution >= 4 is 23.7 Å². The van der Waals surface area contributed by atoms with Gasteiger partial charge in [0.25, 0.3) is 0 Å². The molecule has 1 N–H and O–H groups in total. The van der Waals surface area contributed by atoms with Gasteiger partial charge in [-0.05, 0) is 24.0 Å². The summed E-state index contributed by atoms with van der Waals surface area (Å²) in [6, 6.07) is 7.98. The maximum Gasteiger partial charge on any atom is 0.129 e. The molecular formula is C13H12N4S. The van der Waals surface area contributed by atoms with Crippen LogP contribution in [-0.4, -0.2) is 25.7 Å². The summed E-state index contributed by atoms with van der Waals surface area (Å²) in [5, 5.41) is 0. The molecule has 0 bridgehead atoms. The van der Waals surface area contributed by atoms with E-state index in [0.717, 1.165) is 40.3 Å². The van der Waals surface area contributed by atoms with Gasteiger partial charge in [-0.2, -0.15) is 12.6 Å². The first-order chi connectivity index (χ1) is 8.86. The molecule has 0 radical (unpaired) electrons. The van der Waals surface area contributed by atoms with Crippen molar-refractivity contribution in [1.29, 1.82) is 0 Å². The Bertz CT molecular complexity index is 677. The SMILES string of the molecule is SCCc1nccc(-c2ccc3nc[nH]c3c2)n1. The number of thiol groups is 1. The van der Waals surface area contributed by atoms with Gasteiger partial charge >= 0.3 is 0 Å². The molecule has 0 fully saturated rings. The van der Waals surface area contributed by atoms with E-state index in [9.17, 15) is 0 Å². The quantitative estimate of drug-likeness (QED) is 0.708. The Hall–Kier alpha value is -1.88. The van der Waals surface area contributed by atoms with E-state index in [0.29, 0.717) is 0 Å². The van der Waals surface area contributed by atoms with Crippen molar-refractivity contribution in [2.45, 2.75) is 6.42 Å². The monoisotopic (exact) mass is 256 g/mol. The minimum atomic E-state index is 0.753. The normalized spacial score (nSPS) is 10.9. The molecule has 3 aromatic rings. The molecule has 3 rings (SSSR count). The molecule has 0 amide bonds. The Kier molecular flexibility index (Phi) is 2.98. The minimum Gasteiger partial charge on any atom is -0.345 e. The summed E-state index contributed by atoms with van der Waals surface area (Å²) < 4.78 is 0. The van der Waals surface area contributed by atoms with Crippen molar-refractivity contribution in [3.05, 3.63) is 42.6 Å². The molecule has 2 heterocycles. The molecule has 0 unspecified atom stereocenters. The molecule has 1 aromatic carbocycles. The van der Waals surface area contributed by atoms with Gasteiger partial charge in [0.15, 0.2) is 0 Å². The molecule has 2 aromatic heterocycles. The van der Waals surface area contributed by atoms with Crippen LogP contribution in [0.3, 0.4) is 0 Å². The van der Waals surface area contributed by atoms with Crippen LogP contribution in [0.2, 0.25) is 0 Å². The van der Waals surface area contributed by atoms with E-state index < -0.39 is 0 Å². The van der Waals surface area contributed by atoms with Crippen LogP contribution >= 0.6 is 12.6 Å². The number of aromatic nitrogens is 4. The molecule has 4 nitrogen and oxygen atoms in total. The van der Waals surface area contributed by atoms with Crippen molar-refractivity contribution in [2.75, 3.05) is 5.75 Å². The number of aryl methyl sites for hydroxylation is 1. The first-order valence-electron chi connectivity index (χ1n) is 5.73. The van der Waals surface area contributed by atoms with E-state index >= 15 is 0 Å². The number of hydrogen-bond acceptors (Lipinski definition) is 4. The van der Waals surface area contributed by atoms with Crippen molar-refractivity contribution in [2.24, 2.45) is 0 Å². The predicted octanol–water partition coefficient (Wildman–Crippen LogP) is 2.49. The summed E-state index contributed by atoms with van der Waals surface area (Å²) in [5.74, 6) is 1.58. The van der Waals surface area contributed by atoms with Gasteiger partial charge in [-0.25, -0.2) is 15.0 Å². The van der Waals surface area contributed by atoms with Crippen LogP contribution < -0.4 is 0 Å². The lowest BCUT2D eigenvalue weighted by atomic mass is 10.1. The summed E-state index contributed by atoms with van der Waals surface area (Å²) in [5.41, 5.74) is 3.97. The molecule has 0 spiro atoms. The fourth-order valence-electron chi connectivity index (χ4n) is 1.88. The topological polar surface area (TPSA) is 54.5 Å². The summed E-state index contributed by atoms with van der Waals surface area (Å²) in [4.78, 5) is 16.1. The first-order valence-corrected chi connectivity index (χ1v) is 6.36. The molecule has 0 aliphatic heterocycles. The van der Waals surface area contributed by atoms with Gasteiger partial charge < -0.3 is 4.98 Å². The zero-order valence-corrected chi connectivity index (χ0v) is 10.6. The Morgan fingerprint density at radius 3 is 3.00 bits per heavy atom. The van der Waals surface area contributed by atoms with Gasteiger partial charge in [-0.15, -0.1) is 0 Å². The molecular weight excluding hydrogens is 244 g/mol. The highest BCUT2D eigenvalue weighted by Crippen LogP contribution is 2.20. The number of benzene rings is 1. The smallest absolute Gasteiger partial charge is 0.129 e. The van der Waals surface area contributed by atoms with Gasteiger partial charge in [0.05, 0.1) is 23.1 Å². The minimum absolute atomic E-state index is 0.753. The van der Waals surface area contributed by atoms with E-state index in [1.54, 1.807) is 12.5 Å². The molecule has 0 aliphatic carbocycles. The fraction of sp³-hybridized carbons (Fsp3) is 0.154. The third-order valence-electron chi connectivity index (χ3n) is 2.76. The Morgan fingerprint density at radius 1 is 1.17 bits per heavy atom. The molecule has 18 heavy (non-hydrogen) atoms. The van der Waals surface area contributed by atoms with Gasteiger partial charge in [0.2, 0.25) is 0 Å². The lowest BCUT2D eigenvalue weighted by molar-refractivity contribution is 0.953. The van der Waals surface area contributed by atoms with Crippen LogP contribution in [0.5, 0.6) is 0 Å². The lowest BCUT2D eigenvalue weighted by Crippen LogP contribution is -1.97. The number of nitrogens with zero attached hydrogens (tertiary/aromatic N) is 3. The van der Waals surface area contributed by atoms with Crippen molar-refractivity contribution in [1.82, 2.24) is 19.9 Å². The van der Waals surface area contributed by atoms with Crippen molar-refractivity contribution < 1.29 is 0 Å². The predicted molar refractivity (Wildman–Crippen MR) is 74.7 cm³/mol. The van der Waals surface area contributed by atoms with E-state index in [2.05, 4.69) is 38.6 Å². The average Bonchev–Trinajstić information content (AvgIpc) is 2.86.